The van der Waals surface area contributed by atoms with E-state index >= 15 is 0 Å². The standard InChI is InChI=1S/C13H10F2N2O3/c1-5-2-6(5)11-16-12(20-17-11)7-3-9(14)10(15)4-8(7)13(18)19/h3-6H,2H2,1H3,(H,18,19). The lowest BCUT2D eigenvalue weighted by Crippen LogP contribution is -2.02. The molecule has 0 spiro atoms. The van der Waals surface area contributed by atoms with Crippen LogP contribution >= 0.6 is 0 Å². The molecule has 1 aliphatic carbocycles. The minimum atomic E-state index is -1.39. The molecule has 2 atom stereocenters. The number of carbonyl (C=O) groups is 1. The molecule has 0 aliphatic heterocycles. The average molecular weight is 280 g/mol. The van der Waals surface area contributed by atoms with Gasteiger partial charge in [-0.25, -0.2) is 13.6 Å². The van der Waals surface area contributed by atoms with E-state index in [-0.39, 0.29) is 17.4 Å². The van der Waals surface area contributed by atoms with Gasteiger partial charge in [0.1, 0.15) is 0 Å². The highest BCUT2D eigenvalue weighted by atomic mass is 19.2. The molecule has 0 bridgehead atoms. The maximum Gasteiger partial charge on any atom is 0.336 e. The Bertz CT molecular complexity index is 699. The van der Waals surface area contributed by atoms with Crippen LogP contribution in [0.25, 0.3) is 11.5 Å². The molecule has 2 unspecified atom stereocenters. The molecule has 1 aliphatic rings. The number of aromatic nitrogens is 2. The van der Waals surface area contributed by atoms with Crippen molar-refractivity contribution in [3.05, 3.63) is 35.2 Å². The lowest BCUT2D eigenvalue weighted by atomic mass is 10.1. The third-order valence-corrected chi connectivity index (χ3v) is 3.40. The van der Waals surface area contributed by atoms with Crippen LogP contribution in [0.2, 0.25) is 0 Å². The number of aromatic carboxylic acids is 1. The molecule has 7 heteroatoms. The Labute approximate surface area is 112 Å². The molecule has 2 aromatic rings. The quantitative estimate of drug-likeness (QED) is 0.935. The summed E-state index contributed by atoms with van der Waals surface area (Å²) in [7, 11) is 0. The zero-order valence-corrected chi connectivity index (χ0v) is 10.4. The number of halogens is 2. The van der Waals surface area contributed by atoms with Crippen molar-refractivity contribution in [1.29, 1.82) is 0 Å². The second-order valence-electron chi connectivity index (χ2n) is 4.89. The van der Waals surface area contributed by atoms with E-state index in [1.54, 1.807) is 0 Å². The SMILES string of the molecule is CC1CC1c1noc(-c2cc(F)c(F)cc2C(=O)O)n1. The van der Waals surface area contributed by atoms with Gasteiger partial charge in [-0.2, -0.15) is 4.98 Å². The fourth-order valence-corrected chi connectivity index (χ4v) is 2.08. The van der Waals surface area contributed by atoms with Crippen LogP contribution in [-0.4, -0.2) is 21.2 Å². The summed E-state index contributed by atoms with van der Waals surface area (Å²) < 4.78 is 31.4. The summed E-state index contributed by atoms with van der Waals surface area (Å²) in [5.41, 5.74) is -0.536. The van der Waals surface area contributed by atoms with E-state index in [1.165, 1.54) is 0 Å². The molecular weight excluding hydrogens is 270 g/mol. The highest BCUT2D eigenvalue weighted by Gasteiger charge is 2.38. The number of benzene rings is 1. The maximum atomic E-state index is 13.3. The van der Waals surface area contributed by atoms with E-state index in [0.717, 1.165) is 12.5 Å². The first-order chi connectivity index (χ1) is 9.47. The molecule has 1 aromatic carbocycles. The zero-order valence-electron chi connectivity index (χ0n) is 10.4. The predicted molar refractivity (Wildman–Crippen MR) is 63.1 cm³/mol. The van der Waals surface area contributed by atoms with Crippen LogP contribution in [-0.2, 0) is 0 Å². The first kappa shape index (κ1) is 12.7. The Morgan fingerprint density at radius 1 is 1.40 bits per heavy atom. The first-order valence-electron chi connectivity index (χ1n) is 6.03. The normalized spacial score (nSPS) is 20.9. The van der Waals surface area contributed by atoms with E-state index in [1.807, 2.05) is 6.92 Å². The van der Waals surface area contributed by atoms with Crippen molar-refractivity contribution in [3.63, 3.8) is 0 Å². The van der Waals surface area contributed by atoms with E-state index in [2.05, 4.69) is 10.1 Å². The summed E-state index contributed by atoms with van der Waals surface area (Å²) in [5.74, 6) is -2.80. The van der Waals surface area contributed by atoms with Crippen molar-refractivity contribution in [2.45, 2.75) is 19.3 Å². The van der Waals surface area contributed by atoms with Crippen molar-refractivity contribution in [3.8, 4) is 11.5 Å². The maximum absolute atomic E-state index is 13.3. The Kier molecular flexibility index (Phi) is 2.77. The summed E-state index contributed by atoms with van der Waals surface area (Å²) in [6, 6.07) is 1.36. The van der Waals surface area contributed by atoms with Gasteiger partial charge >= 0.3 is 5.97 Å². The van der Waals surface area contributed by atoms with Crippen LogP contribution in [0.1, 0.15) is 35.4 Å². The van der Waals surface area contributed by atoms with E-state index < -0.39 is 23.2 Å². The van der Waals surface area contributed by atoms with E-state index in [9.17, 15) is 13.6 Å². The minimum Gasteiger partial charge on any atom is -0.478 e. The molecule has 1 saturated carbocycles. The predicted octanol–water partition coefficient (Wildman–Crippen LogP) is 2.84. The Hall–Kier alpha value is -2.31. The van der Waals surface area contributed by atoms with Crippen molar-refractivity contribution < 1.29 is 23.2 Å². The molecule has 0 radical (unpaired) electrons. The Morgan fingerprint density at radius 2 is 2.05 bits per heavy atom. The monoisotopic (exact) mass is 280 g/mol. The van der Waals surface area contributed by atoms with Crippen LogP contribution in [0.5, 0.6) is 0 Å². The number of rotatable bonds is 3. The average Bonchev–Trinajstić information content (AvgIpc) is 2.93. The van der Waals surface area contributed by atoms with Gasteiger partial charge in [-0.3, -0.25) is 0 Å². The van der Waals surface area contributed by atoms with Crippen LogP contribution in [0, 0.1) is 17.6 Å². The van der Waals surface area contributed by atoms with Crippen LogP contribution in [0.4, 0.5) is 8.78 Å². The molecular formula is C13H10F2N2O3. The van der Waals surface area contributed by atoms with E-state index in [0.29, 0.717) is 17.8 Å². The van der Waals surface area contributed by atoms with Gasteiger partial charge in [-0.1, -0.05) is 12.1 Å². The molecule has 1 heterocycles. The summed E-state index contributed by atoms with van der Waals surface area (Å²) in [4.78, 5) is 15.2. The topological polar surface area (TPSA) is 76.2 Å². The first-order valence-corrected chi connectivity index (χ1v) is 6.03. The van der Waals surface area contributed by atoms with Gasteiger partial charge in [0.2, 0.25) is 0 Å². The third kappa shape index (κ3) is 2.04. The van der Waals surface area contributed by atoms with Gasteiger partial charge in [0, 0.05) is 5.92 Å². The highest BCUT2D eigenvalue weighted by Crippen LogP contribution is 2.45. The van der Waals surface area contributed by atoms with Crippen LogP contribution in [0.15, 0.2) is 16.7 Å². The Balaban J connectivity index is 2.06. The molecule has 0 saturated heterocycles. The molecule has 1 aromatic heterocycles. The molecule has 5 nitrogen and oxygen atoms in total. The molecule has 1 fully saturated rings. The number of carboxylic acids is 1. The molecule has 0 amide bonds. The molecule has 104 valence electrons. The second-order valence-corrected chi connectivity index (χ2v) is 4.89. The van der Waals surface area contributed by atoms with E-state index in [4.69, 9.17) is 9.63 Å². The van der Waals surface area contributed by atoms with Crippen molar-refractivity contribution in [2.24, 2.45) is 5.92 Å². The fraction of sp³-hybridized carbons (Fsp3) is 0.308. The summed E-state index contributed by atoms with van der Waals surface area (Å²) >= 11 is 0. The number of hydrogen-bond donors (Lipinski definition) is 1. The minimum absolute atomic E-state index is 0.115. The molecule has 1 N–H and O–H groups in total. The fourth-order valence-electron chi connectivity index (χ4n) is 2.08. The lowest BCUT2D eigenvalue weighted by molar-refractivity contribution is 0.0696. The summed E-state index contributed by atoms with van der Waals surface area (Å²) in [6.07, 6.45) is 0.933. The highest BCUT2D eigenvalue weighted by molar-refractivity contribution is 5.94. The van der Waals surface area contributed by atoms with Crippen molar-refractivity contribution >= 4 is 5.97 Å². The third-order valence-electron chi connectivity index (χ3n) is 3.40. The number of carboxylic acid groups (broad SMARTS) is 1. The molecule has 20 heavy (non-hydrogen) atoms. The van der Waals surface area contributed by atoms with Crippen LogP contribution < -0.4 is 0 Å². The van der Waals surface area contributed by atoms with Crippen molar-refractivity contribution in [1.82, 2.24) is 10.1 Å². The van der Waals surface area contributed by atoms with Gasteiger partial charge in [0.05, 0.1) is 11.1 Å². The van der Waals surface area contributed by atoms with Gasteiger partial charge in [0.25, 0.3) is 5.89 Å². The lowest BCUT2D eigenvalue weighted by Gasteiger charge is -2.02. The molecule has 3 rings (SSSR count). The van der Waals surface area contributed by atoms with Gasteiger partial charge in [-0.05, 0) is 24.5 Å². The van der Waals surface area contributed by atoms with Gasteiger partial charge in [0.15, 0.2) is 17.5 Å². The largest absolute Gasteiger partial charge is 0.478 e. The second kappa shape index (κ2) is 4.36. The Morgan fingerprint density at radius 3 is 2.65 bits per heavy atom. The number of nitrogens with zero attached hydrogens (tertiary/aromatic N) is 2. The zero-order chi connectivity index (χ0) is 14.4. The van der Waals surface area contributed by atoms with Gasteiger partial charge in [-0.15, -0.1) is 0 Å². The van der Waals surface area contributed by atoms with Gasteiger partial charge < -0.3 is 9.63 Å². The smallest absolute Gasteiger partial charge is 0.336 e. The van der Waals surface area contributed by atoms with Crippen LogP contribution in [0.3, 0.4) is 0 Å². The van der Waals surface area contributed by atoms with Crippen molar-refractivity contribution in [2.75, 3.05) is 0 Å². The summed E-state index contributed by atoms with van der Waals surface area (Å²) in [6.45, 7) is 2.03. The number of hydrogen-bond acceptors (Lipinski definition) is 4. The summed E-state index contributed by atoms with van der Waals surface area (Å²) in [5, 5.41) is 12.8.